The standard InChI is InChI=1S/C24H33N5O5S2/c1-5-16-35(30,31)29(19-20-6-9-23(34-4)10-7-20)22-8-11-24(21(17-22)18-25)27-12-14-28(15-13-27)36(32,33)26(2)3/h6-11,17H,5,12-16,19H2,1-4H3. The van der Waals surface area contributed by atoms with Crippen molar-refractivity contribution >= 4 is 31.6 Å². The lowest BCUT2D eigenvalue weighted by Gasteiger charge is -2.37. The molecule has 1 aliphatic heterocycles. The predicted octanol–water partition coefficient (Wildman–Crippen LogP) is 2.24. The molecular formula is C24H33N5O5S2. The molecule has 0 N–H and O–H groups in total. The van der Waals surface area contributed by atoms with E-state index in [0.717, 1.165) is 5.56 Å². The Balaban J connectivity index is 1.89. The molecule has 3 rings (SSSR count). The quantitative estimate of drug-likeness (QED) is 0.458. The van der Waals surface area contributed by atoms with Crippen LogP contribution in [0.2, 0.25) is 0 Å². The Morgan fingerprint density at radius 3 is 2.17 bits per heavy atom. The Kier molecular flexibility index (Phi) is 8.84. The number of rotatable bonds is 10. The van der Waals surface area contributed by atoms with Crippen molar-refractivity contribution in [2.24, 2.45) is 0 Å². The average molecular weight is 536 g/mol. The average Bonchev–Trinajstić information content (AvgIpc) is 2.87. The number of methoxy groups -OCH3 is 1. The highest BCUT2D eigenvalue weighted by atomic mass is 32.2. The highest BCUT2D eigenvalue weighted by Crippen LogP contribution is 2.30. The summed E-state index contributed by atoms with van der Waals surface area (Å²) in [7, 11) is -2.57. The van der Waals surface area contributed by atoms with E-state index >= 15 is 0 Å². The van der Waals surface area contributed by atoms with E-state index in [1.807, 2.05) is 24.0 Å². The van der Waals surface area contributed by atoms with E-state index in [2.05, 4.69) is 6.07 Å². The Morgan fingerprint density at radius 1 is 1.00 bits per heavy atom. The molecule has 1 aliphatic rings. The molecule has 0 aliphatic carbocycles. The van der Waals surface area contributed by atoms with Gasteiger partial charge >= 0.3 is 0 Å². The van der Waals surface area contributed by atoms with Crippen LogP contribution in [0.3, 0.4) is 0 Å². The number of benzene rings is 2. The molecule has 36 heavy (non-hydrogen) atoms. The van der Waals surface area contributed by atoms with E-state index < -0.39 is 20.2 Å². The number of nitriles is 1. The Hall–Kier alpha value is -2.85. The maximum absolute atomic E-state index is 13.2. The van der Waals surface area contributed by atoms with Crippen LogP contribution in [-0.2, 0) is 26.8 Å². The largest absolute Gasteiger partial charge is 0.497 e. The number of hydrogen-bond acceptors (Lipinski definition) is 7. The van der Waals surface area contributed by atoms with Crippen LogP contribution < -0.4 is 13.9 Å². The van der Waals surface area contributed by atoms with Gasteiger partial charge in [0.2, 0.25) is 10.0 Å². The number of hydrogen-bond donors (Lipinski definition) is 0. The number of ether oxygens (including phenoxy) is 1. The summed E-state index contributed by atoms with van der Waals surface area (Å²) in [5, 5.41) is 9.89. The SMILES string of the molecule is CCCS(=O)(=O)N(Cc1ccc(OC)cc1)c1ccc(N2CCN(S(=O)(=O)N(C)C)CC2)c(C#N)c1. The molecule has 2 aromatic rings. The Bertz CT molecular complexity index is 1300. The molecule has 0 unspecified atom stereocenters. The second kappa shape index (κ2) is 11.5. The minimum Gasteiger partial charge on any atom is -0.497 e. The summed E-state index contributed by atoms with van der Waals surface area (Å²) in [5.74, 6) is 0.658. The molecule has 2 aromatic carbocycles. The smallest absolute Gasteiger partial charge is 0.281 e. The molecule has 0 amide bonds. The topological polar surface area (TPSA) is 114 Å². The van der Waals surface area contributed by atoms with E-state index in [-0.39, 0.29) is 12.3 Å². The van der Waals surface area contributed by atoms with Crippen molar-refractivity contribution in [3.63, 3.8) is 0 Å². The van der Waals surface area contributed by atoms with Crippen molar-refractivity contribution < 1.29 is 21.6 Å². The molecule has 0 aromatic heterocycles. The number of anilines is 2. The number of sulfonamides is 1. The fourth-order valence-electron chi connectivity index (χ4n) is 4.05. The third kappa shape index (κ3) is 6.10. The van der Waals surface area contributed by atoms with Crippen molar-refractivity contribution in [2.45, 2.75) is 19.9 Å². The zero-order chi connectivity index (χ0) is 26.5. The summed E-state index contributed by atoms with van der Waals surface area (Å²) in [6.45, 7) is 3.36. The Morgan fingerprint density at radius 2 is 1.64 bits per heavy atom. The highest BCUT2D eigenvalue weighted by molar-refractivity contribution is 7.92. The highest BCUT2D eigenvalue weighted by Gasteiger charge is 2.30. The van der Waals surface area contributed by atoms with Gasteiger partial charge in [-0.15, -0.1) is 0 Å². The fraction of sp³-hybridized carbons (Fsp3) is 0.458. The number of piperazine rings is 1. The lowest BCUT2D eigenvalue weighted by Crippen LogP contribution is -2.51. The van der Waals surface area contributed by atoms with Crippen LogP contribution in [-0.4, -0.2) is 78.6 Å². The molecule has 0 saturated carbocycles. The maximum Gasteiger partial charge on any atom is 0.281 e. The van der Waals surface area contributed by atoms with Gasteiger partial charge in [0.15, 0.2) is 0 Å². The van der Waals surface area contributed by atoms with Crippen LogP contribution in [0.15, 0.2) is 42.5 Å². The van der Waals surface area contributed by atoms with Crippen molar-refractivity contribution in [3.8, 4) is 11.8 Å². The van der Waals surface area contributed by atoms with E-state index in [0.29, 0.717) is 55.3 Å². The zero-order valence-electron chi connectivity index (χ0n) is 21.1. The summed E-state index contributed by atoms with van der Waals surface area (Å²) in [5.41, 5.74) is 2.19. The first kappa shape index (κ1) is 27.7. The van der Waals surface area contributed by atoms with Crippen molar-refractivity contribution in [2.75, 3.05) is 62.3 Å². The minimum atomic E-state index is -3.63. The third-order valence-electron chi connectivity index (χ3n) is 6.04. The zero-order valence-corrected chi connectivity index (χ0v) is 22.7. The first-order valence-corrected chi connectivity index (χ1v) is 14.6. The molecule has 0 atom stereocenters. The lowest BCUT2D eigenvalue weighted by atomic mass is 10.1. The normalized spacial score (nSPS) is 15.1. The number of nitrogens with zero attached hydrogens (tertiary/aromatic N) is 5. The molecule has 0 radical (unpaired) electrons. The van der Waals surface area contributed by atoms with Crippen LogP contribution >= 0.6 is 0 Å². The van der Waals surface area contributed by atoms with Crippen LogP contribution in [0.25, 0.3) is 0 Å². The van der Waals surface area contributed by atoms with Crippen LogP contribution in [0.1, 0.15) is 24.5 Å². The fourth-order valence-corrected chi connectivity index (χ4v) is 6.65. The summed E-state index contributed by atoms with van der Waals surface area (Å²) in [4.78, 5) is 1.96. The van der Waals surface area contributed by atoms with Gasteiger partial charge in [-0.05, 0) is 42.3 Å². The van der Waals surface area contributed by atoms with Gasteiger partial charge in [-0.25, -0.2) is 8.42 Å². The molecule has 0 spiro atoms. The van der Waals surface area contributed by atoms with Gasteiger partial charge in [0, 0.05) is 40.3 Å². The molecule has 196 valence electrons. The van der Waals surface area contributed by atoms with Crippen LogP contribution in [0.4, 0.5) is 11.4 Å². The van der Waals surface area contributed by atoms with E-state index in [1.165, 1.54) is 27.0 Å². The predicted molar refractivity (Wildman–Crippen MR) is 141 cm³/mol. The van der Waals surface area contributed by atoms with Gasteiger partial charge in [0.05, 0.1) is 36.3 Å². The van der Waals surface area contributed by atoms with Gasteiger partial charge in [0.1, 0.15) is 11.8 Å². The lowest BCUT2D eigenvalue weighted by molar-refractivity contribution is 0.355. The summed E-state index contributed by atoms with van der Waals surface area (Å²) < 4.78 is 60.3. The van der Waals surface area contributed by atoms with Crippen molar-refractivity contribution in [3.05, 3.63) is 53.6 Å². The molecule has 10 nitrogen and oxygen atoms in total. The van der Waals surface area contributed by atoms with Gasteiger partial charge in [-0.3, -0.25) is 4.31 Å². The molecule has 0 bridgehead atoms. The monoisotopic (exact) mass is 535 g/mol. The van der Waals surface area contributed by atoms with Gasteiger partial charge in [0.25, 0.3) is 10.2 Å². The van der Waals surface area contributed by atoms with Crippen LogP contribution in [0.5, 0.6) is 5.75 Å². The van der Waals surface area contributed by atoms with E-state index in [9.17, 15) is 22.1 Å². The van der Waals surface area contributed by atoms with Gasteiger partial charge in [-0.1, -0.05) is 19.1 Å². The second-order valence-corrected chi connectivity index (χ2v) is 12.8. The van der Waals surface area contributed by atoms with Crippen molar-refractivity contribution in [1.82, 2.24) is 8.61 Å². The first-order valence-electron chi connectivity index (χ1n) is 11.6. The summed E-state index contributed by atoms with van der Waals surface area (Å²) in [6.07, 6.45) is 0.463. The molecule has 12 heteroatoms. The van der Waals surface area contributed by atoms with Gasteiger partial charge in [-0.2, -0.15) is 22.3 Å². The summed E-state index contributed by atoms with van der Waals surface area (Å²) >= 11 is 0. The molecule has 1 heterocycles. The van der Waals surface area contributed by atoms with Crippen molar-refractivity contribution in [1.29, 1.82) is 5.26 Å². The summed E-state index contributed by atoms with van der Waals surface area (Å²) in [6, 6.07) is 14.4. The van der Waals surface area contributed by atoms with Crippen LogP contribution in [0, 0.1) is 11.3 Å². The van der Waals surface area contributed by atoms with E-state index in [4.69, 9.17) is 4.74 Å². The van der Waals surface area contributed by atoms with Gasteiger partial charge < -0.3 is 9.64 Å². The molecule has 1 saturated heterocycles. The molecule has 1 fully saturated rings. The first-order chi connectivity index (χ1) is 17.0. The minimum absolute atomic E-state index is 0.0187. The molecular weight excluding hydrogens is 502 g/mol. The Labute approximate surface area is 214 Å². The van der Waals surface area contributed by atoms with E-state index in [1.54, 1.807) is 37.4 Å². The third-order valence-corrected chi connectivity index (χ3v) is 9.91. The maximum atomic E-state index is 13.2. The second-order valence-electron chi connectivity index (χ2n) is 8.66.